The topological polar surface area (TPSA) is 101 Å². The number of halogens is 1. The van der Waals surface area contributed by atoms with Crippen molar-refractivity contribution in [2.75, 3.05) is 18.4 Å². The first kappa shape index (κ1) is 20.0. The lowest BCUT2D eigenvalue weighted by Gasteiger charge is -2.14. The van der Waals surface area contributed by atoms with Crippen LogP contribution in [0.25, 0.3) is 0 Å². The molecule has 8 heteroatoms. The summed E-state index contributed by atoms with van der Waals surface area (Å²) in [7, 11) is -3.69. The predicted octanol–water partition coefficient (Wildman–Crippen LogP) is 1.88. The molecule has 0 aliphatic rings. The fraction of sp³-hybridized carbons (Fsp3) is 0.278. The number of carbonyl (C=O) groups excluding carboxylic acids is 1. The molecule has 1 atom stereocenters. The van der Waals surface area contributed by atoms with Gasteiger partial charge in [0.15, 0.2) is 0 Å². The molecule has 26 heavy (non-hydrogen) atoms. The van der Waals surface area contributed by atoms with E-state index in [9.17, 15) is 17.6 Å². The van der Waals surface area contributed by atoms with Gasteiger partial charge in [-0.15, -0.1) is 0 Å². The van der Waals surface area contributed by atoms with Crippen molar-refractivity contribution in [1.29, 1.82) is 0 Å². The highest BCUT2D eigenvalue weighted by molar-refractivity contribution is 7.89. The van der Waals surface area contributed by atoms with Crippen molar-refractivity contribution in [3.8, 4) is 0 Å². The van der Waals surface area contributed by atoms with E-state index in [1.807, 2.05) is 0 Å². The zero-order valence-electron chi connectivity index (χ0n) is 14.4. The first-order chi connectivity index (χ1) is 12.3. The number of sulfonamides is 1. The quantitative estimate of drug-likeness (QED) is 0.652. The first-order valence-electron chi connectivity index (χ1n) is 8.17. The molecule has 0 saturated heterocycles. The van der Waals surface area contributed by atoms with Gasteiger partial charge >= 0.3 is 0 Å². The van der Waals surface area contributed by atoms with Crippen LogP contribution in [0.5, 0.6) is 0 Å². The van der Waals surface area contributed by atoms with Crippen LogP contribution in [-0.2, 0) is 21.2 Å². The second-order valence-corrected chi connectivity index (χ2v) is 7.67. The molecule has 0 aliphatic heterocycles. The van der Waals surface area contributed by atoms with Crippen molar-refractivity contribution in [3.63, 3.8) is 0 Å². The molecule has 2 aromatic rings. The van der Waals surface area contributed by atoms with E-state index >= 15 is 0 Å². The molecule has 0 aromatic heterocycles. The van der Waals surface area contributed by atoms with Gasteiger partial charge in [0.2, 0.25) is 15.9 Å². The van der Waals surface area contributed by atoms with Gasteiger partial charge in [0.25, 0.3) is 0 Å². The van der Waals surface area contributed by atoms with E-state index in [0.717, 1.165) is 0 Å². The van der Waals surface area contributed by atoms with Crippen LogP contribution < -0.4 is 15.8 Å². The van der Waals surface area contributed by atoms with Crippen LogP contribution in [0, 0.1) is 11.7 Å². The summed E-state index contributed by atoms with van der Waals surface area (Å²) in [6.07, 6.45) is 0.245. The van der Waals surface area contributed by atoms with Crippen LogP contribution in [0.2, 0.25) is 0 Å². The maximum atomic E-state index is 13.7. The average Bonchev–Trinajstić information content (AvgIpc) is 2.62. The molecule has 6 nitrogen and oxygen atoms in total. The second kappa shape index (κ2) is 8.88. The number of anilines is 1. The van der Waals surface area contributed by atoms with E-state index in [2.05, 4.69) is 10.0 Å². The highest BCUT2D eigenvalue weighted by atomic mass is 32.2. The largest absolute Gasteiger partial charge is 0.329 e. The first-order valence-corrected chi connectivity index (χ1v) is 9.66. The third-order valence-electron chi connectivity index (χ3n) is 3.78. The number of amides is 1. The molecule has 0 heterocycles. The molecule has 0 aliphatic carbocycles. The third kappa shape index (κ3) is 5.35. The lowest BCUT2D eigenvalue weighted by molar-refractivity contribution is -0.119. The van der Waals surface area contributed by atoms with Crippen molar-refractivity contribution in [3.05, 3.63) is 59.9 Å². The SMILES string of the molecule is CC(Cc1ccccc1F)C(=O)Nc1cccc(S(=O)(=O)NCCN)c1. The number of nitrogens with one attached hydrogen (secondary N) is 2. The zero-order chi connectivity index (χ0) is 19.2. The summed E-state index contributed by atoms with van der Waals surface area (Å²) in [5.41, 5.74) is 6.11. The standard InChI is InChI=1S/C18H22FN3O3S/c1-13(11-14-5-2-3-8-17(14)19)18(23)22-15-6-4-7-16(12-15)26(24,25)21-10-9-20/h2-8,12-13,21H,9-11,20H2,1H3,(H,22,23). The highest BCUT2D eigenvalue weighted by Crippen LogP contribution is 2.18. The Balaban J connectivity index is 2.07. The Morgan fingerprint density at radius 3 is 2.62 bits per heavy atom. The molecule has 2 aromatic carbocycles. The summed E-state index contributed by atoms with van der Waals surface area (Å²) >= 11 is 0. The Morgan fingerprint density at radius 2 is 1.92 bits per heavy atom. The van der Waals surface area contributed by atoms with Crippen LogP contribution in [0.4, 0.5) is 10.1 Å². The minimum absolute atomic E-state index is 0.0329. The van der Waals surface area contributed by atoms with E-state index < -0.39 is 15.9 Å². The summed E-state index contributed by atoms with van der Waals surface area (Å²) in [5, 5.41) is 2.67. The molecule has 1 amide bonds. The second-order valence-electron chi connectivity index (χ2n) is 5.90. The summed E-state index contributed by atoms with van der Waals surface area (Å²) in [6, 6.07) is 12.2. The van der Waals surface area contributed by atoms with Crippen LogP contribution in [0.3, 0.4) is 0 Å². The van der Waals surface area contributed by atoms with Gasteiger partial charge in [0.1, 0.15) is 5.82 Å². The van der Waals surface area contributed by atoms with Crippen molar-refractivity contribution >= 4 is 21.6 Å². The van der Waals surface area contributed by atoms with Crippen molar-refractivity contribution in [1.82, 2.24) is 4.72 Å². The lowest BCUT2D eigenvalue weighted by atomic mass is 10.00. The average molecular weight is 379 g/mol. The Morgan fingerprint density at radius 1 is 1.19 bits per heavy atom. The summed E-state index contributed by atoms with van der Waals surface area (Å²) < 4.78 is 40.3. The molecule has 4 N–H and O–H groups in total. The van der Waals surface area contributed by atoms with Crippen LogP contribution >= 0.6 is 0 Å². The van der Waals surface area contributed by atoms with Gasteiger partial charge in [-0.3, -0.25) is 4.79 Å². The smallest absolute Gasteiger partial charge is 0.240 e. The number of rotatable bonds is 8. The van der Waals surface area contributed by atoms with E-state index in [0.29, 0.717) is 11.3 Å². The van der Waals surface area contributed by atoms with Crippen LogP contribution in [-0.4, -0.2) is 27.4 Å². The molecule has 0 spiro atoms. The van der Waals surface area contributed by atoms with Gasteiger partial charge < -0.3 is 11.1 Å². The summed E-state index contributed by atoms with van der Waals surface area (Å²) in [5.74, 6) is -1.16. The Labute approximate surface area is 152 Å². The van der Waals surface area contributed by atoms with E-state index in [4.69, 9.17) is 5.73 Å². The van der Waals surface area contributed by atoms with Gasteiger partial charge in [-0.05, 0) is 36.2 Å². The Hall–Kier alpha value is -2.29. The van der Waals surface area contributed by atoms with Crippen molar-refractivity contribution < 1.29 is 17.6 Å². The molecular formula is C18H22FN3O3S. The summed E-state index contributed by atoms with van der Waals surface area (Å²) in [4.78, 5) is 12.4. The van der Waals surface area contributed by atoms with Gasteiger partial charge in [-0.25, -0.2) is 17.5 Å². The van der Waals surface area contributed by atoms with Gasteiger partial charge in [0.05, 0.1) is 4.90 Å². The lowest BCUT2D eigenvalue weighted by Crippen LogP contribution is -2.29. The maximum Gasteiger partial charge on any atom is 0.240 e. The summed E-state index contributed by atoms with van der Waals surface area (Å²) in [6.45, 7) is 1.99. The van der Waals surface area contributed by atoms with E-state index in [-0.39, 0.29) is 36.1 Å². The monoisotopic (exact) mass is 379 g/mol. The Bertz CT molecular complexity index is 871. The number of carbonyl (C=O) groups is 1. The molecule has 2 rings (SSSR count). The van der Waals surface area contributed by atoms with Crippen LogP contribution in [0.15, 0.2) is 53.4 Å². The van der Waals surface area contributed by atoms with Crippen molar-refractivity contribution in [2.24, 2.45) is 11.7 Å². The molecule has 0 bridgehead atoms. The highest BCUT2D eigenvalue weighted by Gasteiger charge is 2.17. The maximum absolute atomic E-state index is 13.7. The predicted molar refractivity (Wildman–Crippen MR) is 98.6 cm³/mol. The van der Waals surface area contributed by atoms with Gasteiger partial charge in [-0.2, -0.15) is 0 Å². The molecular weight excluding hydrogens is 357 g/mol. The number of hydrogen-bond donors (Lipinski definition) is 3. The van der Waals surface area contributed by atoms with Gasteiger partial charge in [-0.1, -0.05) is 31.2 Å². The third-order valence-corrected chi connectivity index (χ3v) is 5.24. The minimum atomic E-state index is -3.69. The molecule has 0 fully saturated rings. The number of benzene rings is 2. The normalized spacial score (nSPS) is 12.6. The van der Waals surface area contributed by atoms with E-state index in [1.54, 1.807) is 31.2 Å². The zero-order valence-corrected chi connectivity index (χ0v) is 15.2. The molecule has 0 radical (unpaired) electrons. The van der Waals surface area contributed by atoms with Crippen LogP contribution in [0.1, 0.15) is 12.5 Å². The fourth-order valence-corrected chi connectivity index (χ4v) is 3.46. The van der Waals surface area contributed by atoms with E-state index in [1.165, 1.54) is 24.3 Å². The fourth-order valence-electron chi connectivity index (χ4n) is 2.37. The molecule has 140 valence electrons. The number of hydrogen-bond acceptors (Lipinski definition) is 4. The molecule has 0 saturated carbocycles. The number of nitrogens with two attached hydrogens (primary N) is 1. The Kier molecular flexibility index (Phi) is 6.84. The van der Waals surface area contributed by atoms with Gasteiger partial charge in [0, 0.05) is 24.7 Å². The van der Waals surface area contributed by atoms with Crippen molar-refractivity contribution in [2.45, 2.75) is 18.2 Å². The molecule has 1 unspecified atom stereocenters. The minimum Gasteiger partial charge on any atom is -0.329 e.